The summed E-state index contributed by atoms with van der Waals surface area (Å²) in [5.74, 6) is -1.31. The summed E-state index contributed by atoms with van der Waals surface area (Å²) in [4.78, 5) is 18.4. The number of halogens is 2. The van der Waals surface area contributed by atoms with Gasteiger partial charge < -0.3 is 10.2 Å². The largest absolute Gasteiger partial charge is 0.506 e. The molecule has 0 radical (unpaired) electrons. The van der Waals surface area contributed by atoms with Crippen molar-refractivity contribution >= 4 is 5.78 Å². The number of nitrogens with zero attached hydrogens (tertiary/aromatic N) is 2. The molecule has 1 aliphatic heterocycles. The van der Waals surface area contributed by atoms with Gasteiger partial charge in [0.15, 0.2) is 17.4 Å². The molecule has 28 heavy (non-hydrogen) atoms. The number of hydrogen-bond donors (Lipinski definition) is 2. The van der Waals surface area contributed by atoms with E-state index in [0.717, 1.165) is 12.1 Å². The number of pyridine rings is 1. The highest BCUT2D eigenvalue weighted by Gasteiger charge is 2.48. The Balaban J connectivity index is 1.34. The number of aromatic hydroxyl groups is 1. The molecule has 0 amide bonds. The van der Waals surface area contributed by atoms with E-state index in [1.807, 2.05) is 0 Å². The van der Waals surface area contributed by atoms with Crippen LogP contribution in [0.2, 0.25) is 0 Å². The van der Waals surface area contributed by atoms with Crippen molar-refractivity contribution < 1.29 is 23.8 Å². The summed E-state index contributed by atoms with van der Waals surface area (Å²) in [7, 11) is 0. The number of ketones is 1. The van der Waals surface area contributed by atoms with Crippen molar-refractivity contribution in [3.05, 3.63) is 59.4 Å². The molecule has 0 bridgehead atoms. The topological polar surface area (TPSA) is 73.7 Å². The molecule has 2 aromatic rings. The van der Waals surface area contributed by atoms with Crippen LogP contribution in [0.3, 0.4) is 0 Å². The second kappa shape index (κ2) is 7.22. The highest BCUT2D eigenvalue weighted by Crippen LogP contribution is 2.45. The van der Waals surface area contributed by atoms with Crippen LogP contribution in [0.5, 0.6) is 5.75 Å². The Kier molecular flexibility index (Phi) is 4.89. The van der Waals surface area contributed by atoms with E-state index in [2.05, 4.69) is 9.88 Å². The molecular formula is C21H22F2N2O3. The van der Waals surface area contributed by atoms with Crippen LogP contribution >= 0.6 is 0 Å². The van der Waals surface area contributed by atoms with Gasteiger partial charge in [-0.2, -0.15) is 0 Å². The molecule has 0 spiro atoms. The molecule has 2 N–H and O–H groups in total. The molecule has 3 atom stereocenters. The monoisotopic (exact) mass is 388 g/mol. The summed E-state index contributed by atoms with van der Waals surface area (Å²) in [6.07, 6.45) is 2.72. The average molecular weight is 388 g/mol. The van der Waals surface area contributed by atoms with Crippen LogP contribution in [0.4, 0.5) is 8.78 Å². The van der Waals surface area contributed by atoms with Crippen LogP contribution in [0, 0.1) is 23.5 Å². The smallest absolute Gasteiger partial charge is 0.195 e. The summed E-state index contributed by atoms with van der Waals surface area (Å²) in [5, 5.41) is 20.2. The summed E-state index contributed by atoms with van der Waals surface area (Å²) in [6, 6.07) is 6.71. The number of hydrogen-bond acceptors (Lipinski definition) is 5. The van der Waals surface area contributed by atoms with Gasteiger partial charge in [0.05, 0.1) is 18.3 Å². The third kappa shape index (κ3) is 3.91. The number of Topliss-reactive ketones (excluding diaryl/α,β-unsaturated/α-hetero) is 1. The Labute approximate surface area is 161 Å². The molecule has 1 aliphatic carbocycles. The number of rotatable bonds is 5. The molecule has 4 rings (SSSR count). The van der Waals surface area contributed by atoms with Crippen molar-refractivity contribution in [2.24, 2.45) is 11.8 Å². The second-order valence-electron chi connectivity index (χ2n) is 8.10. The van der Waals surface area contributed by atoms with E-state index in [9.17, 15) is 23.8 Å². The van der Waals surface area contributed by atoms with E-state index in [4.69, 9.17) is 0 Å². The fourth-order valence-corrected chi connectivity index (χ4v) is 4.70. The molecule has 1 aromatic carbocycles. The third-order valence-electron chi connectivity index (χ3n) is 5.85. The van der Waals surface area contributed by atoms with E-state index >= 15 is 0 Å². The van der Waals surface area contributed by atoms with Crippen LogP contribution in [0.15, 0.2) is 36.5 Å². The Morgan fingerprint density at radius 1 is 1.14 bits per heavy atom. The number of benzene rings is 1. The fraction of sp³-hybridized carbons (Fsp3) is 0.429. The maximum absolute atomic E-state index is 13.4. The molecule has 1 aromatic heterocycles. The van der Waals surface area contributed by atoms with Gasteiger partial charge in [-0.05, 0) is 54.5 Å². The average Bonchev–Trinajstić information content (AvgIpc) is 3.12. The van der Waals surface area contributed by atoms with E-state index in [-0.39, 0.29) is 29.9 Å². The van der Waals surface area contributed by atoms with Gasteiger partial charge in [0, 0.05) is 19.5 Å². The Morgan fingerprint density at radius 3 is 2.46 bits per heavy atom. The van der Waals surface area contributed by atoms with Gasteiger partial charge in [-0.3, -0.25) is 9.69 Å². The molecule has 5 nitrogen and oxygen atoms in total. The number of carbonyl (C=O) groups excluding carboxylic acids is 1. The van der Waals surface area contributed by atoms with Crippen molar-refractivity contribution in [3.8, 4) is 5.75 Å². The lowest BCUT2D eigenvalue weighted by Gasteiger charge is -2.26. The molecule has 7 heteroatoms. The minimum absolute atomic E-state index is 0.0209. The first-order valence-electron chi connectivity index (χ1n) is 9.38. The normalized spacial score (nSPS) is 27.1. The summed E-state index contributed by atoms with van der Waals surface area (Å²) >= 11 is 0. The zero-order valence-electron chi connectivity index (χ0n) is 15.3. The highest BCUT2D eigenvalue weighted by molar-refractivity contribution is 5.95. The third-order valence-corrected chi connectivity index (χ3v) is 5.85. The standard InChI is InChI=1S/C21H22F2N2O3/c22-17-3-1-13(5-18(17)23)6-21(28)7-14-10-25(11-15(14)8-21)12-20(27)19-4-2-16(26)9-24-19/h1-5,9,14-15,26,28H,6-8,10-12H2/t14-,15+,21+. The lowest BCUT2D eigenvalue weighted by molar-refractivity contribution is 0.0355. The fourth-order valence-electron chi connectivity index (χ4n) is 4.70. The Bertz CT molecular complexity index is 874. The van der Waals surface area contributed by atoms with Gasteiger partial charge >= 0.3 is 0 Å². The van der Waals surface area contributed by atoms with Gasteiger partial charge in [-0.25, -0.2) is 13.8 Å². The Morgan fingerprint density at radius 2 is 1.86 bits per heavy atom. The zero-order chi connectivity index (χ0) is 19.9. The maximum atomic E-state index is 13.4. The first kappa shape index (κ1) is 19.0. The van der Waals surface area contributed by atoms with Crippen LogP contribution in [-0.2, 0) is 6.42 Å². The number of aromatic nitrogens is 1. The number of fused-ring (bicyclic) bond motifs is 1. The zero-order valence-corrected chi connectivity index (χ0v) is 15.3. The number of likely N-dealkylation sites (tertiary alicyclic amines) is 1. The van der Waals surface area contributed by atoms with Crippen LogP contribution in [0.1, 0.15) is 28.9 Å². The molecular weight excluding hydrogens is 366 g/mol. The Hall–Kier alpha value is -2.38. The van der Waals surface area contributed by atoms with E-state index in [1.165, 1.54) is 24.4 Å². The van der Waals surface area contributed by atoms with Crippen molar-refractivity contribution in [3.63, 3.8) is 0 Å². The summed E-state index contributed by atoms with van der Waals surface area (Å²) in [6.45, 7) is 1.69. The van der Waals surface area contributed by atoms with Gasteiger partial charge in [-0.15, -0.1) is 0 Å². The maximum Gasteiger partial charge on any atom is 0.195 e. The van der Waals surface area contributed by atoms with Crippen LogP contribution < -0.4 is 0 Å². The van der Waals surface area contributed by atoms with Gasteiger partial charge in [0.2, 0.25) is 0 Å². The van der Waals surface area contributed by atoms with Gasteiger partial charge in [0.1, 0.15) is 11.4 Å². The van der Waals surface area contributed by atoms with Gasteiger partial charge in [0.25, 0.3) is 0 Å². The molecule has 1 saturated carbocycles. The van der Waals surface area contributed by atoms with E-state index in [1.54, 1.807) is 0 Å². The highest BCUT2D eigenvalue weighted by atomic mass is 19.2. The molecule has 148 valence electrons. The minimum Gasteiger partial charge on any atom is -0.506 e. The molecule has 2 fully saturated rings. The van der Waals surface area contributed by atoms with Crippen molar-refractivity contribution in [2.75, 3.05) is 19.6 Å². The van der Waals surface area contributed by atoms with Crippen molar-refractivity contribution in [1.29, 1.82) is 0 Å². The first-order valence-corrected chi connectivity index (χ1v) is 9.38. The quantitative estimate of drug-likeness (QED) is 0.771. The lowest BCUT2D eigenvalue weighted by atomic mass is 9.91. The SMILES string of the molecule is O=C(CN1C[C@@H]2C[C@](O)(Cc3ccc(F)c(F)c3)C[C@@H]2C1)c1ccc(O)cn1. The summed E-state index contributed by atoms with van der Waals surface area (Å²) in [5.41, 5.74) is -0.00897. The minimum atomic E-state index is -0.922. The molecule has 2 heterocycles. The first-order chi connectivity index (χ1) is 13.3. The molecule has 1 saturated heterocycles. The number of carbonyl (C=O) groups is 1. The summed E-state index contributed by atoms with van der Waals surface area (Å²) < 4.78 is 26.5. The second-order valence-corrected chi connectivity index (χ2v) is 8.10. The number of aliphatic hydroxyl groups is 1. The van der Waals surface area contributed by atoms with Crippen LogP contribution in [0.25, 0.3) is 0 Å². The molecule has 2 aliphatic rings. The van der Waals surface area contributed by atoms with E-state index < -0.39 is 17.2 Å². The lowest BCUT2D eigenvalue weighted by Crippen LogP contribution is -2.34. The van der Waals surface area contributed by atoms with Crippen molar-refractivity contribution in [1.82, 2.24) is 9.88 Å². The van der Waals surface area contributed by atoms with Crippen molar-refractivity contribution in [2.45, 2.75) is 24.9 Å². The van der Waals surface area contributed by atoms with Crippen LogP contribution in [-0.4, -0.2) is 51.1 Å². The predicted octanol–water partition coefficient (Wildman–Crippen LogP) is 2.56. The van der Waals surface area contributed by atoms with E-state index in [0.29, 0.717) is 43.6 Å². The molecule has 0 unspecified atom stereocenters. The van der Waals surface area contributed by atoms with Gasteiger partial charge in [-0.1, -0.05) is 6.07 Å². The predicted molar refractivity (Wildman–Crippen MR) is 97.9 cm³/mol.